The van der Waals surface area contributed by atoms with E-state index in [1.165, 1.54) is 26.0 Å². The lowest BCUT2D eigenvalue weighted by Crippen LogP contribution is -2.16. The van der Waals surface area contributed by atoms with Crippen molar-refractivity contribution in [3.63, 3.8) is 0 Å². The Bertz CT molecular complexity index is 759. The van der Waals surface area contributed by atoms with E-state index in [-0.39, 0.29) is 13.2 Å². The number of hydrogen-bond acceptors (Lipinski definition) is 5. The van der Waals surface area contributed by atoms with Gasteiger partial charge in [-0.2, -0.15) is 14.0 Å². The van der Waals surface area contributed by atoms with Gasteiger partial charge in [0.1, 0.15) is 0 Å². The van der Waals surface area contributed by atoms with E-state index in [9.17, 15) is 13.3 Å². The van der Waals surface area contributed by atoms with Gasteiger partial charge in [-0.25, -0.2) is 0 Å². The predicted octanol–water partition coefficient (Wildman–Crippen LogP) is 5.09. The summed E-state index contributed by atoms with van der Waals surface area (Å²) in [4.78, 5) is -0.400. The zero-order valence-electron chi connectivity index (χ0n) is 12.0. The number of halogens is 2. The SMILES string of the molecule is CCOP(=O)(OCC)C(F)(F)c1cc2ccc(C#N)cc2s1. The standard InChI is InChI=1S/C14H14F2NO3PS/c1-3-19-21(18,20-4-2)14(15,16)13-8-11-6-5-10(9-17)7-12(11)22-13/h5-8H,3-4H2,1-2H3. The average Bonchev–Trinajstić information content (AvgIpc) is 2.91. The Morgan fingerprint density at radius 2 is 1.91 bits per heavy atom. The Hall–Kier alpha value is -1.32. The number of fused-ring (bicyclic) bond motifs is 1. The molecule has 0 amide bonds. The summed E-state index contributed by atoms with van der Waals surface area (Å²) >= 11 is 0.779. The Kier molecular flexibility index (Phi) is 4.98. The van der Waals surface area contributed by atoms with Gasteiger partial charge in [0.2, 0.25) is 0 Å². The molecule has 0 radical (unpaired) electrons. The summed E-state index contributed by atoms with van der Waals surface area (Å²) in [6.45, 7) is 2.67. The van der Waals surface area contributed by atoms with E-state index in [0.29, 0.717) is 15.6 Å². The predicted molar refractivity (Wildman–Crippen MR) is 81.3 cm³/mol. The van der Waals surface area contributed by atoms with Crippen molar-refractivity contribution >= 4 is 29.0 Å². The smallest absolute Gasteiger partial charge is 0.304 e. The van der Waals surface area contributed by atoms with Gasteiger partial charge < -0.3 is 9.05 Å². The Labute approximate surface area is 130 Å². The van der Waals surface area contributed by atoms with Crippen LogP contribution in [0.25, 0.3) is 10.1 Å². The van der Waals surface area contributed by atoms with Crippen LogP contribution in [0.15, 0.2) is 24.3 Å². The highest BCUT2D eigenvalue weighted by Gasteiger charge is 2.55. The van der Waals surface area contributed by atoms with E-state index in [1.807, 2.05) is 6.07 Å². The lowest BCUT2D eigenvalue weighted by molar-refractivity contribution is 0.0392. The van der Waals surface area contributed by atoms with Gasteiger partial charge in [0, 0.05) is 4.70 Å². The topological polar surface area (TPSA) is 59.3 Å². The van der Waals surface area contributed by atoms with Crippen molar-refractivity contribution in [1.82, 2.24) is 0 Å². The average molecular weight is 345 g/mol. The van der Waals surface area contributed by atoms with E-state index < -0.39 is 18.1 Å². The first-order valence-electron chi connectivity index (χ1n) is 6.59. The maximum atomic E-state index is 14.6. The minimum absolute atomic E-state index is 0.143. The number of rotatable bonds is 6. The first-order chi connectivity index (χ1) is 10.4. The molecule has 0 aliphatic rings. The van der Waals surface area contributed by atoms with Gasteiger partial charge in [0.15, 0.2) is 0 Å². The highest BCUT2D eigenvalue weighted by Crippen LogP contribution is 2.67. The molecule has 0 aliphatic heterocycles. The summed E-state index contributed by atoms with van der Waals surface area (Å²) in [7, 11) is -4.61. The van der Waals surface area contributed by atoms with Crippen LogP contribution in [0.1, 0.15) is 24.3 Å². The molecule has 0 saturated heterocycles. The second-order valence-corrected chi connectivity index (χ2v) is 7.51. The number of hydrogen-bond donors (Lipinski definition) is 0. The lowest BCUT2D eigenvalue weighted by Gasteiger charge is -2.24. The van der Waals surface area contributed by atoms with Crippen LogP contribution in [0, 0.1) is 11.3 Å². The third kappa shape index (κ3) is 2.92. The van der Waals surface area contributed by atoms with Crippen LogP contribution in [0.3, 0.4) is 0 Å². The molecule has 2 aromatic rings. The molecule has 0 fully saturated rings. The van der Waals surface area contributed by atoms with Crippen molar-refractivity contribution < 1.29 is 22.4 Å². The summed E-state index contributed by atoms with van der Waals surface area (Å²) < 4.78 is 51.7. The largest absolute Gasteiger partial charge is 0.405 e. The fraction of sp³-hybridized carbons (Fsp3) is 0.357. The minimum Gasteiger partial charge on any atom is -0.304 e. The summed E-state index contributed by atoms with van der Waals surface area (Å²) in [5, 5.41) is 9.41. The molecule has 0 atom stereocenters. The zero-order valence-corrected chi connectivity index (χ0v) is 13.7. The van der Waals surface area contributed by atoms with Crippen LogP contribution in [0.2, 0.25) is 0 Å². The van der Waals surface area contributed by atoms with Gasteiger partial charge >= 0.3 is 13.3 Å². The molecule has 8 heteroatoms. The molecule has 0 aliphatic carbocycles. The van der Waals surface area contributed by atoms with Crippen molar-refractivity contribution in [2.24, 2.45) is 0 Å². The van der Waals surface area contributed by atoms with Crippen molar-refractivity contribution in [3.8, 4) is 6.07 Å². The summed E-state index contributed by atoms with van der Waals surface area (Å²) in [6, 6.07) is 7.85. The van der Waals surface area contributed by atoms with Crippen molar-refractivity contribution in [2.45, 2.75) is 19.5 Å². The third-order valence-corrected chi connectivity index (χ3v) is 6.33. The van der Waals surface area contributed by atoms with Crippen LogP contribution in [-0.2, 0) is 19.3 Å². The van der Waals surface area contributed by atoms with Gasteiger partial charge in [0.25, 0.3) is 0 Å². The number of thiophene rings is 1. The molecule has 1 aromatic carbocycles. The molecule has 0 unspecified atom stereocenters. The maximum absolute atomic E-state index is 14.6. The van der Waals surface area contributed by atoms with Crippen molar-refractivity contribution in [3.05, 3.63) is 34.7 Å². The van der Waals surface area contributed by atoms with Crippen molar-refractivity contribution in [2.75, 3.05) is 13.2 Å². The number of benzene rings is 1. The van der Waals surface area contributed by atoms with Gasteiger partial charge in [0.05, 0.1) is 29.7 Å². The summed E-state index contributed by atoms with van der Waals surface area (Å²) in [5.74, 6) is 0. The molecule has 0 N–H and O–H groups in total. The molecule has 0 spiro atoms. The highest BCUT2D eigenvalue weighted by atomic mass is 32.1. The second kappa shape index (κ2) is 6.43. The summed E-state index contributed by atoms with van der Waals surface area (Å²) in [6.07, 6.45) is 0. The minimum atomic E-state index is -4.61. The second-order valence-electron chi connectivity index (χ2n) is 4.35. The normalized spacial score (nSPS) is 12.5. The van der Waals surface area contributed by atoms with Crippen molar-refractivity contribution in [1.29, 1.82) is 5.26 Å². The molecular weight excluding hydrogens is 331 g/mol. The molecule has 4 nitrogen and oxygen atoms in total. The molecule has 0 bridgehead atoms. The van der Waals surface area contributed by atoms with Gasteiger partial charge in [-0.1, -0.05) is 6.07 Å². The first kappa shape index (κ1) is 17.0. The Morgan fingerprint density at radius 1 is 1.27 bits per heavy atom. The number of alkyl halides is 2. The monoisotopic (exact) mass is 345 g/mol. The van der Waals surface area contributed by atoms with E-state index in [2.05, 4.69) is 0 Å². The third-order valence-electron chi connectivity index (χ3n) is 2.89. The molecule has 1 aromatic heterocycles. The Morgan fingerprint density at radius 3 is 2.45 bits per heavy atom. The molecule has 1 heterocycles. The molecule has 2 rings (SSSR count). The molecule has 0 saturated carbocycles. The molecule has 22 heavy (non-hydrogen) atoms. The van der Waals surface area contributed by atoms with Gasteiger partial charge in [-0.05, 0) is 37.4 Å². The first-order valence-corrected chi connectivity index (χ1v) is 8.95. The maximum Gasteiger partial charge on any atom is 0.405 e. The molecule has 118 valence electrons. The Balaban J connectivity index is 2.52. The number of nitrogens with zero attached hydrogens (tertiary/aromatic N) is 1. The molecular formula is C14H14F2NO3PS. The quantitative estimate of drug-likeness (QED) is 0.684. The van der Waals surface area contributed by atoms with Crippen LogP contribution >= 0.6 is 18.9 Å². The van der Waals surface area contributed by atoms with Crippen LogP contribution in [0.5, 0.6) is 0 Å². The number of nitriles is 1. The van der Waals surface area contributed by atoms with Gasteiger partial charge in [-0.15, -0.1) is 11.3 Å². The fourth-order valence-corrected chi connectivity index (χ4v) is 4.78. The van der Waals surface area contributed by atoms with Crippen LogP contribution in [0.4, 0.5) is 8.78 Å². The lowest BCUT2D eigenvalue weighted by atomic mass is 10.2. The van der Waals surface area contributed by atoms with E-state index in [0.717, 1.165) is 11.3 Å². The summed E-state index contributed by atoms with van der Waals surface area (Å²) in [5.41, 5.74) is -3.36. The van der Waals surface area contributed by atoms with E-state index in [4.69, 9.17) is 14.3 Å². The fourth-order valence-electron chi connectivity index (χ4n) is 1.92. The highest BCUT2D eigenvalue weighted by molar-refractivity contribution is 7.55. The van der Waals surface area contributed by atoms with Crippen LogP contribution < -0.4 is 0 Å². The van der Waals surface area contributed by atoms with Gasteiger partial charge in [-0.3, -0.25) is 4.57 Å². The van der Waals surface area contributed by atoms with Crippen LogP contribution in [-0.4, -0.2) is 13.2 Å². The zero-order chi connectivity index (χ0) is 16.4. The van der Waals surface area contributed by atoms with E-state index >= 15 is 0 Å². The van der Waals surface area contributed by atoms with E-state index in [1.54, 1.807) is 12.1 Å².